The smallest absolute Gasteiger partial charge is 0.242 e. The lowest BCUT2D eigenvalue weighted by molar-refractivity contribution is -0.140. The van der Waals surface area contributed by atoms with Crippen molar-refractivity contribution in [2.75, 3.05) is 59.7 Å². The first-order valence-electron chi connectivity index (χ1n) is 7.53. The van der Waals surface area contributed by atoms with Crippen molar-refractivity contribution >= 4 is 5.91 Å². The number of ether oxygens (including phenoxy) is 2. The van der Waals surface area contributed by atoms with Gasteiger partial charge in [0.15, 0.2) is 0 Å². The van der Waals surface area contributed by atoms with E-state index in [1.165, 1.54) is 0 Å². The minimum Gasteiger partial charge on any atom is -0.383 e. The molecule has 0 aromatic heterocycles. The maximum Gasteiger partial charge on any atom is 0.242 e. The Morgan fingerprint density at radius 2 is 2.00 bits per heavy atom. The highest BCUT2D eigenvalue weighted by Crippen LogP contribution is 2.21. The average Bonchev–Trinajstić information content (AvgIpc) is 2.70. The molecular formula is C14H27N3O3. The van der Waals surface area contributed by atoms with Crippen LogP contribution < -0.4 is 5.73 Å². The second kappa shape index (κ2) is 7.36. The summed E-state index contributed by atoms with van der Waals surface area (Å²) in [5.41, 5.74) is 5.59. The summed E-state index contributed by atoms with van der Waals surface area (Å²) in [7, 11) is 1.72. The van der Waals surface area contributed by atoms with Gasteiger partial charge in [-0.1, -0.05) is 0 Å². The maximum absolute atomic E-state index is 12.7. The fourth-order valence-electron chi connectivity index (χ4n) is 2.88. The minimum absolute atomic E-state index is 0.106. The van der Waals surface area contributed by atoms with E-state index in [4.69, 9.17) is 15.2 Å². The van der Waals surface area contributed by atoms with E-state index < -0.39 is 5.54 Å². The van der Waals surface area contributed by atoms with E-state index in [2.05, 4.69) is 4.90 Å². The van der Waals surface area contributed by atoms with Gasteiger partial charge in [-0.2, -0.15) is 0 Å². The van der Waals surface area contributed by atoms with Gasteiger partial charge in [-0.05, 0) is 25.8 Å². The number of hydrogen-bond donors (Lipinski definition) is 1. The summed E-state index contributed by atoms with van der Waals surface area (Å²) in [5, 5.41) is 0. The Labute approximate surface area is 121 Å². The second-order valence-electron chi connectivity index (χ2n) is 5.75. The number of rotatable bonds is 4. The predicted molar refractivity (Wildman–Crippen MR) is 76.5 cm³/mol. The van der Waals surface area contributed by atoms with Crippen molar-refractivity contribution in [1.82, 2.24) is 9.80 Å². The van der Waals surface area contributed by atoms with Crippen LogP contribution in [0.4, 0.5) is 0 Å². The molecule has 2 N–H and O–H groups in total. The third kappa shape index (κ3) is 3.91. The standard InChI is InChI=1S/C14H27N3O3/c1-19-12-9-16-5-2-6-17(8-7-16)13(18)14(15)3-10-20-11-4-14/h2-12,15H2,1H3. The van der Waals surface area contributed by atoms with Gasteiger partial charge >= 0.3 is 0 Å². The zero-order valence-electron chi connectivity index (χ0n) is 12.5. The Morgan fingerprint density at radius 3 is 2.70 bits per heavy atom. The van der Waals surface area contributed by atoms with Crippen LogP contribution in [0.25, 0.3) is 0 Å². The van der Waals surface area contributed by atoms with E-state index in [1.807, 2.05) is 4.90 Å². The maximum atomic E-state index is 12.7. The van der Waals surface area contributed by atoms with Crippen LogP contribution in [-0.2, 0) is 14.3 Å². The van der Waals surface area contributed by atoms with Gasteiger partial charge in [-0.25, -0.2) is 0 Å². The average molecular weight is 285 g/mol. The Morgan fingerprint density at radius 1 is 1.25 bits per heavy atom. The van der Waals surface area contributed by atoms with Gasteiger partial charge in [0.1, 0.15) is 0 Å². The molecule has 2 fully saturated rings. The Hall–Kier alpha value is -0.690. The molecule has 0 bridgehead atoms. The molecular weight excluding hydrogens is 258 g/mol. The van der Waals surface area contributed by atoms with Crippen molar-refractivity contribution in [3.63, 3.8) is 0 Å². The number of carbonyl (C=O) groups is 1. The summed E-state index contributed by atoms with van der Waals surface area (Å²) in [4.78, 5) is 16.9. The van der Waals surface area contributed by atoms with Gasteiger partial charge in [0, 0.05) is 46.5 Å². The molecule has 0 atom stereocenters. The minimum atomic E-state index is -0.708. The molecule has 0 aliphatic carbocycles. The van der Waals surface area contributed by atoms with Crippen molar-refractivity contribution in [2.24, 2.45) is 5.73 Å². The number of carbonyl (C=O) groups excluding carboxylic acids is 1. The highest BCUT2D eigenvalue weighted by atomic mass is 16.5. The predicted octanol–water partition coefficient (Wildman–Crippen LogP) is -0.325. The van der Waals surface area contributed by atoms with Crippen LogP contribution >= 0.6 is 0 Å². The molecule has 2 saturated heterocycles. The van der Waals surface area contributed by atoms with E-state index in [0.717, 1.165) is 45.8 Å². The number of methoxy groups -OCH3 is 1. The SMILES string of the molecule is COCCN1CCCN(C(=O)C2(N)CCOCC2)CC1. The third-order valence-corrected chi connectivity index (χ3v) is 4.30. The van der Waals surface area contributed by atoms with E-state index in [-0.39, 0.29) is 5.91 Å². The fourth-order valence-corrected chi connectivity index (χ4v) is 2.88. The molecule has 6 nitrogen and oxygen atoms in total. The molecule has 2 heterocycles. The van der Waals surface area contributed by atoms with Crippen LogP contribution in [0.15, 0.2) is 0 Å². The lowest BCUT2D eigenvalue weighted by atomic mass is 9.89. The summed E-state index contributed by atoms with van der Waals surface area (Å²) < 4.78 is 10.4. The van der Waals surface area contributed by atoms with E-state index >= 15 is 0 Å². The molecule has 0 spiro atoms. The topological polar surface area (TPSA) is 68.0 Å². The number of hydrogen-bond acceptors (Lipinski definition) is 5. The molecule has 20 heavy (non-hydrogen) atoms. The van der Waals surface area contributed by atoms with Crippen LogP contribution in [0.2, 0.25) is 0 Å². The molecule has 2 aliphatic rings. The zero-order valence-corrected chi connectivity index (χ0v) is 12.5. The van der Waals surface area contributed by atoms with Crippen molar-refractivity contribution in [3.05, 3.63) is 0 Å². The number of nitrogens with two attached hydrogens (primary N) is 1. The van der Waals surface area contributed by atoms with Crippen LogP contribution in [0.5, 0.6) is 0 Å². The lowest BCUT2D eigenvalue weighted by Crippen LogP contribution is -2.58. The van der Waals surface area contributed by atoms with Crippen molar-refractivity contribution < 1.29 is 14.3 Å². The highest BCUT2D eigenvalue weighted by molar-refractivity contribution is 5.86. The van der Waals surface area contributed by atoms with Crippen molar-refractivity contribution in [2.45, 2.75) is 24.8 Å². The van der Waals surface area contributed by atoms with Crippen molar-refractivity contribution in [1.29, 1.82) is 0 Å². The van der Waals surface area contributed by atoms with Gasteiger partial charge in [0.25, 0.3) is 0 Å². The second-order valence-corrected chi connectivity index (χ2v) is 5.75. The van der Waals surface area contributed by atoms with E-state index in [0.29, 0.717) is 26.1 Å². The van der Waals surface area contributed by atoms with Crippen LogP contribution in [0.3, 0.4) is 0 Å². The first kappa shape index (κ1) is 15.7. The molecule has 0 radical (unpaired) electrons. The van der Waals surface area contributed by atoms with Gasteiger partial charge in [0.05, 0.1) is 12.1 Å². The molecule has 6 heteroatoms. The summed E-state index contributed by atoms with van der Waals surface area (Å²) >= 11 is 0. The van der Waals surface area contributed by atoms with Crippen LogP contribution in [-0.4, -0.2) is 80.9 Å². The summed E-state index contributed by atoms with van der Waals surface area (Å²) in [6.07, 6.45) is 2.27. The molecule has 1 amide bonds. The number of amides is 1. The number of nitrogens with zero attached hydrogens (tertiary/aromatic N) is 2. The Kier molecular flexibility index (Phi) is 5.77. The van der Waals surface area contributed by atoms with Gasteiger partial charge in [-0.15, -0.1) is 0 Å². The van der Waals surface area contributed by atoms with Crippen LogP contribution in [0, 0.1) is 0 Å². The van der Waals surface area contributed by atoms with Crippen molar-refractivity contribution in [3.8, 4) is 0 Å². The highest BCUT2D eigenvalue weighted by Gasteiger charge is 2.39. The third-order valence-electron chi connectivity index (χ3n) is 4.30. The molecule has 2 aliphatic heterocycles. The molecule has 0 saturated carbocycles. The lowest BCUT2D eigenvalue weighted by Gasteiger charge is -2.36. The van der Waals surface area contributed by atoms with Gasteiger partial charge < -0.3 is 20.1 Å². The quantitative estimate of drug-likeness (QED) is 0.766. The van der Waals surface area contributed by atoms with Gasteiger partial charge in [0.2, 0.25) is 5.91 Å². The first-order valence-corrected chi connectivity index (χ1v) is 7.53. The largest absolute Gasteiger partial charge is 0.383 e. The molecule has 0 aromatic carbocycles. The van der Waals surface area contributed by atoms with E-state index in [1.54, 1.807) is 7.11 Å². The Bertz CT molecular complexity index is 319. The van der Waals surface area contributed by atoms with Crippen LogP contribution in [0.1, 0.15) is 19.3 Å². The summed E-state index contributed by atoms with van der Waals surface area (Å²) in [5.74, 6) is 0.106. The van der Waals surface area contributed by atoms with E-state index in [9.17, 15) is 4.79 Å². The first-order chi connectivity index (χ1) is 9.65. The molecule has 2 rings (SSSR count). The normalized spacial score (nSPS) is 24.4. The summed E-state index contributed by atoms with van der Waals surface area (Å²) in [6, 6.07) is 0. The Balaban J connectivity index is 1.87. The van der Waals surface area contributed by atoms with Gasteiger partial charge in [-0.3, -0.25) is 9.69 Å². The fraction of sp³-hybridized carbons (Fsp3) is 0.929. The monoisotopic (exact) mass is 285 g/mol. The molecule has 0 aromatic rings. The zero-order chi connectivity index (χ0) is 14.4. The molecule has 116 valence electrons. The molecule has 0 unspecified atom stereocenters. The summed E-state index contributed by atoms with van der Waals surface area (Å²) in [6.45, 7) is 6.36.